The molecule has 0 fully saturated rings. The van der Waals surface area contributed by atoms with E-state index < -0.39 is 22.9 Å². The molecular formula is C24H22Cl2Hf. The molecule has 0 N–H and O–H groups in total. The topological polar surface area (TPSA) is 0 Å². The fourth-order valence-electron chi connectivity index (χ4n) is 3.09. The first kappa shape index (κ1) is 23.6. The minimum absolute atomic E-state index is 0. The first-order valence-electron chi connectivity index (χ1n) is 8.58. The van der Waals surface area contributed by atoms with Gasteiger partial charge in [-0.1, -0.05) is 0 Å². The van der Waals surface area contributed by atoms with Crippen molar-refractivity contribution in [2.24, 2.45) is 0 Å². The Labute approximate surface area is 186 Å². The van der Waals surface area contributed by atoms with Crippen LogP contribution in [0.3, 0.4) is 0 Å². The van der Waals surface area contributed by atoms with E-state index in [1.807, 2.05) is 0 Å². The van der Waals surface area contributed by atoms with Gasteiger partial charge < -0.3 is 24.8 Å². The van der Waals surface area contributed by atoms with Crippen LogP contribution in [0.15, 0.2) is 105 Å². The third kappa shape index (κ3) is 6.31. The summed E-state index contributed by atoms with van der Waals surface area (Å²) in [6.45, 7) is 6.00. The van der Waals surface area contributed by atoms with Crippen molar-refractivity contribution in [2.45, 2.75) is 12.8 Å². The van der Waals surface area contributed by atoms with Gasteiger partial charge in [0.2, 0.25) is 0 Å². The van der Waals surface area contributed by atoms with Crippen LogP contribution in [0.25, 0.3) is 11.1 Å². The predicted octanol–water partition coefficient (Wildman–Crippen LogP) is 0.622. The second kappa shape index (κ2) is 12.1. The maximum atomic E-state index is 3.00. The third-order valence-electron chi connectivity index (χ3n) is 4.28. The fraction of sp³-hybridized carbons (Fsp3) is 0.0833. The summed E-state index contributed by atoms with van der Waals surface area (Å²) < 4.78 is 3.44. The maximum absolute atomic E-state index is 3.00. The number of hydrogen-bond acceptors (Lipinski definition) is 0. The molecule has 0 heterocycles. The van der Waals surface area contributed by atoms with Gasteiger partial charge in [-0.3, -0.25) is 0 Å². The van der Waals surface area contributed by atoms with Crippen LogP contribution in [-0.2, 0) is 22.9 Å². The fourth-order valence-corrected chi connectivity index (χ4v) is 7.68. The minimum atomic E-state index is -0.846. The van der Waals surface area contributed by atoms with Crippen molar-refractivity contribution in [3.8, 4) is 0 Å². The van der Waals surface area contributed by atoms with Crippen LogP contribution < -0.4 is 24.8 Å². The van der Waals surface area contributed by atoms with E-state index in [2.05, 4.69) is 98.1 Å². The zero-order valence-corrected chi connectivity index (χ0v) is 20.3. The van der Waals surface area contributed by atoms with Gasteiger partial charge in [-0.15, -0.1) is 13.2 Å². The van der Waals surface area contributed by atoms with E-state index in [1.165, 1.54) is 35.1 Å². The first-order chi connectivity index (χ1) is 12.4. The van der Waals surface area contributed by atoms with Gasteiger partial charge >= 0.3 is 150 Å². The first-order valence-corrected chi connectivity index (χ1v) is 12.2. The summed E-state index contributed by atoms with van der Waals surface area (Å²) in [5.74, 6) is 0. The molecule has 0 atom stereocenters. The summed E-state index contributed by atoms with van der Waals surface area (Å²) in [6, 6.07) is 21.5. The number of benzene rings is 2. The van der Waals surface area contributed by atoms with E-state index in [9.17, 15) is 0 Å². The van der Waals surface area contributed by atoms with Gasteiger partial charge in [-0.05, 0) is 0 Å². The van der Waals surface area contributed by atoms with E-state index in [-0.39, 0.29) is 24.8 Å². The van der Waals surface area contributed by atoms with Gasteiger partial charge in [-0.2, -0.15) is 0 Å². The van der Waals surface area contributed by atoms with Crippen LogP contribution in [0.1, 0.15) is 24.0 Å². The maximum Gasteiger partial charge on any atom is -0.106 e. The van der Waals surface area contributed by atoms with Gasteiger partial charge in [0.25, 0.3) is 0 Å². The summed E-state index contributed by atoms with van der Waals surface area (Å²) in [6.07, 6.45) is 12.1. The van der Waals surface area contributed by atoms with E-state index >= 15 is 0 Å². The monoisotopic (exact) mass is 560 g/mol. The summed E-state index contributed by atoms with van der Waals surface area (Å²) >= 11 is -0.846. The molecule has 27 heavy (non-hydrogen) atoms. The van der Waals surface area contributed by atoms with Gasteiger partial charge in [0, 0.05) is 0 Å². The van der Waals surface area contributed by atoms with Crippen LogP contribution in [-0.4, -0.2) is 0 Å². The SMILES string of the molecule is C1=[C]([Hf+2][C]2=CC(c3ccccc3)=CC2)CC=C1c1ccccc1.C=C.[Cl-].[Cl-]. The zero-order chi connectivity index (χ0) is 17.5. The summed E-state index contributed by atoms with van der Waals surface area (Å²) in [5, 5.41) is 0. The number of halogens is 2. The van der Waals surface area contributed by atoms with Crippen LogP contribution in [0.5, 0.6) is 0 Å². The molecule has 0 saturated heterocycles. The van der Waals surface area contributed by atoms with Crippen molar-refractivity contribution < 1.29 is 47.7 Å². The quantitative estimate of drug-likeness (QED) is 0.381. The van der Waals surface area contributed by atoms with Crippen molar-refractivity contribution in [1.29, 1.82) is 0 Å². The minimum Gasteiger partial charge on any atom is -1.00 e. The number of rotatable bonds is 4. The molecule has 0 unspecified atom stereocenters. The Morgan fingerprint density at radius 1 is 0.593 bits per heavy atom. The Hall–Kier alpha value is -1.41. The molecule has 0 spiro atoms. The van der Waals surface area contributed by atoms with Gasteiger partial charge in [0.15, 0.2) is 0 Å². The molecule has 0 aromatic heterocycles. The van der Waals surface area contributed by atoms with Crippen LogP contribution in [0.2, 0.25) is 0 Å². The van der Waals surface area contributed by atoms with Crippen LogP contribution in [0.4, 0.5) is 0 Å². The van der Waals surface area contributed by atoms with Crippen LogP contribution >= 0.6 is 0 Å². The van der Waals surface area contributed by atoms with Crippen molar-refractivity contribution >= 4 is 11.1 Å². The summed E-state index contributed by atoms with van der Waals surface area (Å²) in [5.41, 5.74) is 5.55. The predicted molar refractivity (Wildman–Crippen MR) is 105 cm³/mol. The van der Waals surface area contributed by atoms with E-state index in [0.29, 0.717) is 0 Å². The Bertz CT molecular complexity index is 775. The molecule has 2 aromatic rings. The molecule has 4 rings (SSSR count). The molecule has 2 aliphatic carbocycles. The molecule has 136 valence electrons. The largest absolute Gasteiger partial charge is 1.00 e. The van der Waals surface area contributed by atoms with E-state index in [4.69, 9.17) is 0 Å². The van der Waals surface area contributed by atoms with Gasteiger partial charge in [-0.25, -0.2) is 0 Å². The molecule has 3 heteroatoms. The third-order valence-corrected chi connectivity index (χ3v) is 9.09. The molecule has 2 aromatic carbocycles. The van der Waals surface area contributed by atoms with Crippen LogP contribution in [0, 0.1) is 0 Å². The van der Waals surface area contributed by atoms with E-state index in [1.54, 1.807) is 6.66 Å². The molecule has 0 saturated carbocycles. The second-order valence-electron chi connectivity index (χ2n) is 5.92. The molecule has 0 amide bonds. The second-order valence-corrected chi connectivity index (χ2v) is 11.4. The average Bonchev–Trinajstić information content (AvgIpc) is 3.35. The smallest absolute Gasteiger partial charge is 0.106 e. The van der Waals surface area contributed by atoms with E-state index in [0.717, 1.165) is 0 Å². The van der Waals surface area contributed by atoms with Gasteiger partial charge in [0.05, 0.1) is 0 Å². The molecule has 0 aliphatic heterocycles. The van der Waals surface area contributed by atoms with Crippen molar-refractivity contribution in [3.05, 3.63) is 116 Å². The Kier molecular flexibility index (Phi) is 10.6. The number of allylic oxidation sites excluding steroid dienone is 8. The Morgan fingerprint density at radius 2 is 0.963 bits per heavy atom. The van der Waals surface area contributed by atoms with Crippen molar-refractivity contribution in [3.63, 3.8) is 0 Å². The molecular weight excluding hydrogens is 538 g/mol. The summed E-state index contributed by atoms with van der Waals surface area (Å²) in [4.78, 5) is 0. The summed E-state index contributed by atoms with van der Waals surface area (Å²) in [7, 11) is 0. The number of hydrogen-bond donors (Lipinski definition) is 0. The van der Waals surface area contributed by atoms with Crippen molar-refractivity contribution in [1.82, 2.24) is 0 Å². The Balaban J connectivity index is 0.000000883. The molecule has 2 aliphatic rings. The van der Waals surface area contributed by atoms with Gasteiger partial charge in [0.1, 0.15) is 0 Å². The molecule has 0 radical (unpaired) electrons. The average molecular weight is 560 g/mol. The standard InChI is InChI=1S/2C11H9.C2H4.2ClH.Hf/c2*1-2-6-10(7-3-1)11-8-4-5-9-11;1-2;;;/h2*1-3,6-9H,4H2;1-2H2;2*1H;/q;;;;;+2/p-2. The van der Waals surface area contributed by atoms with Crippen molar-refractivity contribution in [2.75, 3.05) is 0 Å². The Morgan fingerprint density at radius 3 is 1.33 bits per heavy atom. The zero-order valence-electron chi connectivity index (χ0n) is 15.2. The molecule has 0 nitrogen and oxygen atoms in total. The normalized spacial score (nSPS) is 14.1. The molecule has 0 bridgehead atoms.